The molecule has 0 aromatic carbocycles. The zero-order chi connectivity index (χ0) is 40.1. The van der Waals surface area contributed by atoms with E-state index in [2.05, 4.69) is 32.2 Å². The predicted molar refractivity (Wildman–Crippen MR) is 221 cm³/mol. The molecule has 0 aromatic rings. The van der Waals surface area contributed by atoms with E-state index in [0.717, 1.165) is 25.7 Å². The van der Waals surface area contributed by atoms with Crippen LogP contribution in [0.15, 0.2) is 0 Å². The summed E-state index contributed by atoms with van der Waals surface area (Å²) in [5.74, 6) is 0. The summed E-state index contributed by atoms with van der Waals surface area (Å²) < 4.78 is 40.2. The molecule has 2 atom stereocenters. The van der Waals surface area contributed by atoms with Crippen molar-refractivity contribution in [2.45, 2.75) is 246 Å². The number of hydrogen-bond acceptors (Lipinski definition) is 10. The van der Waals surface area contributed by atoms with Gasteiger partial charge in [0.25, 0.3) is 15.6 Å². The van der Waals surface area contributed by atoms with Crippen LogP contribution in [0.2, 0.25) is 0 Å². The van der Waals surface area contributed by atoms with Crippen molar-refractivity contribution in [2.24, 2.45) is 0 Å². The minimum atomic E-state index is -4.27. The molecule has 0 aliphatic carbocycles. The molecule has 0 aliphatic heterocycles. The Morgan fingerprint density at radius 3 is 0.714 bits per heavy atom. The molecule has 0 fully saturated rings. The minimum Gasteiger partial charge on any atom is -0.754 e. The first-order valence-electron chi connectivity index (χ1n) is 22.8. The first-order valence-corrected chi connectivity index (χ1v) is 25.7. The first-order chi connectivity index (χ1) is 26.2. The van der Waals surface area contributed by atoms with Gasteiger partial charge in [0.1, 0.15) is 0 Å². The van der Waals surface area contributed by atoms with Crippen LogP contribution in [0.4, 0.5) is 0 Å². The van der Waals surface area contributed by atoms with Gasteiger partial charge >= 0.3 is 80.9 Å². The molecule has 0 rings (SSSR count). The maximum Gasteiger partial charge on any atom is 1.00 e. The van der Waals surface area contributed by atoms with Crippen LogP contribution in [0.3, 0.4) is 0 Å². The average Bonchev–Trinajstić information content (AvgIpc) is 3.15. The first kappa shape index (κ1) is 65.4. The van der Waals surface area contributed by atoms with Crippen molar-refractivity contribution < 1.29 is 128 Å². The largest absolute Gasteiger partial charge is 1.00 e. The van der Waals surface area contributed by atoms with Crippen LogP contribution in [-0.2, 0) is 37.3 Å². The third kappa shape index (κ3) is 58.9. The SMILES string of the molecule is CCCCCCCCCCCCCCCCCCOOP(=O)([O-])OCCC.CCCCCCCCCCCCCCCCCCOOP(=O)([O-])OCCC.[K+].[Na+]. The van der Waals surface area contributed by atoms with E-state index in [4.69, 9.17) is 9.78 Å². The fourth-order valence-corrected chi connectivity index (χ4v) is 7.38. The molecule has 0 aliphatic rings. The van der Waals surface area contributed by atoms with Crippen LogP contribution in [-0.4, -0.2) is 26.4 Å². The summed E-state index contributed by atoms with van der Waals surface area (Å²) in [6, 6.07) is 0. The van der Waals surface area contributed by atoms with E-state index in [1.165, 1.54) is 180 Å². The topological polar surface area (TPSA) is 136 Å². The molecule has 0 spiro atoms. The zero-order valence-corrected chi connectivity index (χ0v) is 44.8. The summed E-state index contributed by atoms with van der Waals surface area (Å²) in [6.07, 6.45) is 43.0. The Bertz CT molecular complexity index is 756. The molecule has 0 amide bonds. The Kier molecular flexibility index (Phi) is 63.0. The van der Waals surface area contributed by atoms with Crippen molar-refractivity contribution in [3.05, 3.63) is 0 Å². The molecule has 0 saturated carbocycles. The molecule has 2 unspecified atom stereocenters. The number of rotatable bonds is 44. The molecule has 0 saturated heterocycles. The smallest absolute Gasteiger partial charge is 0.754 e. The summed E-state index contributed by atoms with van der Waals surface area (Å²) in [4.78, 5) is 31.9. The summed E-state index contributed by atoms with van der Waals surface area (Å²) in [6.45, 7) is 9.04. The van der Waals surface area contributed by atoms with Crippen LogP contribution in [0.25, 0.3) is 0 Å². The third-order valence-electron chi connectivity index (χ3n) is 9.36. The number of hydrogen-bond donors (Lipinski definition) is 0. The van der Waals surface area contributed by atoms with Gasteiger partial charge in [-0.25, -0.2) is 9.78 Å². The van der Waals surface area contributed by atoms with Gasteiger partial charge in [-0.15, -0.1) is 0 Å². The average molecular weight is 877 g/mol. The van der Waals surface area contributed by atoms with Crippen molar-refractivity contribution in [1.29, 1.82) is 0 Å². The van der Waals surface area contributed by atoms with Crippen LogP contribution < -0.4 is 90.7 Å². The van der Waals surface area contributed by atoms with E-state index in [9.17, 15) is 18.9 Å². The van der Waals surface area contributed by atoms with Gasteiger partial charge in [-0.05, 0) is 25.7 Å². The van der Waals surface area contributed by atoms with E-state index in [0.29, 0.717) is 26.1 Å². The summed E-state index contributed by atoms with van der Waals surface area (Å²) in [5.41, 5.74) is 0. The van der Waals surface area contributed by atoms with Gasteiger partial charge in [-0.2, -0.15) is 9.35 Å². The fourth-order valence-electron chi connectivity index (χ4n) is 6.07. The normalized spacial score (nSPS) is 13.2. The minimum absolute atomic E-state index is 0. The standard InChI is InChI=1S/2C21H45O5P.K.Na/c2*1-3-5-6-7-8-9-10-11-12-13-14-15-16-17-18-19-21-24-26-27(22,23)25-20-4-2;;/h2*3-21H2,1-2H3,(H,22,23);;/q;;2*+1/p-2. The fraction of sp³-hybridized carbons (Fsp3) is 1.00. The van der Waals surface area contributed by atoms with Crippen molar-refractivity contribution in [2.75, 3.05) is 26.4 Å². The zero-order valence-electron chi connectivity index (χ0n) is 37.8. The van der Waals surface area contributed by atoms with E-state index < -0.39 is 15.6 Å². The second-order valence-electron chi connectivity index (χ2n) is 15.0. The monoisotopic (exact) mass is 877 g/mol. The van der Waals surface area contributed by atoms with Gasteiger partial charge in [0, 0.05) is 0 Å². The molecular formula is C42H88KNaO10P2. The van der Waals surface area contributed by atoms with Gasteiger partial charge < -0.3 is 18.8 Å². The maximum atomic E-state index is 11.2. The van der Waals surface area contributed by atoms with Gasteiger partial charge in [-0.3, -0.25) is 9.13 Å². The van der Waals surface area contributed by atoms with Crippen molar-refractivity contribution in [3.8, 4) is 0 Å². The van der Waals surface area contributed by atoms with Crippen LogP contribution >= 0.6 is 15.6 Å². The molecule has 10 nitrogen and oxygen atoms in total. The van der Waals surface area contributed by atoms with E-state index in [-0.39, 0.29) is 94.2 Å². The second kappa shape index (κ2) is 53.9. The molecular weight excluding hydrogens is 788 g/mol. The molecule has 0 bridgehead atoms. The Balaban J connectivity index is -0.000000466. The molecule has 0 heterocycles. The summed E-state index contributed by atoms with van der Waals surface area (Å²) >= 11 is 0. The van der Waals surface area contributed by atoms with Gasteiger partial charge in [0.2, 0.25) is 0 Å². The quantitative estimate of drug-likeness (QED) is 0.0194. The van der Waals surface area contributed by atoms with Crippen molar-refractivity contribution >= 4 is 15.6 Å². The Morgan fingerprint density at radius 2 is 0.518 bits per heavy atom. The van der Waals surface area contributed by atoms with Crippen molar-refractivity contribution in [1.82, 2.24) is 0 Å². The third-order valence-corrected chi connectivity index (χ3v) is 10.9. The molecule has 0 aromatic heterocycles. The molecule has 14 heteroatoms. The predicted octanol–water partition coefficient (Wildman–Crippen LogP) is 8.19. The Morgan fingerprint density at radius 1 is 0.321 bits per heavy atom. The number of phosphoric acid groups is 2. The molecule has 56 heavy (non-hydrogen) atoms. The second-order valence-corrected chi connectivity index (χ2v) is 17.6. The van der Waals surface area contributed by atoms with Gasteiger partial charge in [0.15, 0.2) is 0 Å². The maximum absolute atomic E-state index is 11.2. The van der Waals surface area contributed by atoms with E-state index >= 15 is 0 Å². The number of phosphoric ester groups is 2. The van der Waals surface area contributed by atoms with Crippen LogP contribution in [0, 0.1) is 0 Å². The van der Waals surface area contributed by atoms with Crippen molar-refractivity contribution in [3.63, 3.8) is 0 Å². The van der Waals surface area contributed by atoms with Gasteiger partial charge in [0.05, 0.1) is 26.4 Å². The molecule has 0 N–H and O–H groups in total. The molecule has 0 radical (unpaired) electrons. The van der Waals surface area contributed by atoms with Crippen LogP contribution in [0.1, 0.15) is 246 Å². The van der Waals surface area contributed by atoms with Gasteiger partial charge in [-0.1, -0.05) is 220 Å². The van der Waals surface area contributed by atoms with E-state index in [1.54, 1.807) is 0 Å². The Labute approximate surface area is 411 Å². The van der Waals surface area contributed by atoms with E-state index in [1.807, 2.05) is 13.8 Å². The summed E-state index contributed by atoms with van der Waals surface area (Å²) in [7, 11) is -8.55. The summed E-state index contributed by atoms with van der Waals surface area (Å²) in [5, 5.41) is 0. The molecule has 328 valence electrons. The van der Waals surface area contributed by atoms with Crippen LogP contribution in [0.5, 0.6) is 0 Å². The number of unbranched alkanes of at least 4 members (excludes halogenated alkanes) is 30. The Hall–Kier alpha value is 2.78.